The minimum atomic E-state index is -0.660. The van der Waals surface area contributed by atoms with Crippen molar-refractivity contribution in [3.05, 3.63) is 48.0 Å². The summed E-state index contributed by atoms with van der Waals surface area (Å²) in [6.45, 7) is 5.75. The first kappa shape index (κ1) is 19.9. The van der Waals surface area contributed by atoms with Crippen LogP contribution in [-0.4, -0.2) is 31.8 Å². The Labute approximate surface area is 165 Å². The van der Waals surface area contributed by atoms with Crippen LogP contribution in [0.4, 0.5) is 0 Å². The fourth-order valence-electron chi connectivity index (χ4n) is 3.31. The van der Waals surface area contributed by atoms with Crippen molar-refractivity contribution in [3.8, 4) is 23.0 Å². The van der Waals surface area contributed by atoms with Crippen LogP contribution in [0, 0.1) is 0 Å². The number of ether oxygens (including phenoxy) is 4. The maximum atomic E-state index is 12.8. The first-order valence-electron chi connectivity index (χ1n) is 9.29. The Morgan fingerprint density at radius 1 is 1.11 bits per heavy atom. The van der Waals surface area contributed by atoms with Gasteiger partial charge in [0.15, 0.2) is 6.10 Å². The van der Waals surface area contributed by atoms with E-state index in [0.29, 0.717) is 17.9 Å². The lowest BCUT2D eigenvalue weighted by Gasteiger charge is -2.38. The minimum Gasteiger partial charge on any atom is -0.497 e. The molecule has 0 radical (unpaired) electrons. The van der Waals surface area contributed by atoms with Crippen LogP contribution in [0.5, 0.6) is 23.0 Å². The average molecular weight is 385 g/mol. The van der Waals surface area contributed by atoms with E-state index in [9.17, 15) is 4.79 Å². The Kier molecular flexibility index (Phi) is 5.68. The highest BCUT2D eigenvalue weighted by atomic mass is 16.5. The first-order chi connectivity index (χ1) is 13.3. The molecule has 6 nitrogen and oxygen atoms in total. The molecule has 2 aromatic carbocycles. The second-order valence-corrected chi connectivity index (χ2v) is 7.47. The van der Waals surface area contributed by atoms with Crippen LogP contribution in [-0.2, 0) is 4.79 Å². The summed E-state index contributed by atoms with van der Waals surface area (Å²) in [7, 11) is 3.21. The van der Waals surface area contributed by atoms with E-state index in [1.165, 1.54) is 0 Å². The van der Waals surface area contributed by atoms with Crippen LogP contribution in [0.2, 0.25) is 0 Å². The zero-order valence-electron chi connectivity index (χ0n) is 16.9. The number of hydrogen-bond donors (Lipinski definition) is 1. The molecule has 0 unspecified atom stereocenters. The summed E-state index contributed by atoms with van der Waals surface area (Å²) in [6.07, 6.45) is -0.0164. The Balaban J connectivity index is 1.75. The molecule has 1 amide bonds. The van der Waals surface area contributed by atoms with Gasteiger partial charge in [0, 0.05) is 18.1 Å². The summed E-state index contributed by atoms with van der Waals surface area (Å²) in [5.74, 6) is 2.54. The number of methoxy groups -OCH3 is 2. The van der Waals surface area contributed by atoms with E-state index in [1.54, 1.807) is 33.3 Å². The van der Waals surface area contributed by atoms with Crippen molar-refractivity contribution in [2.45, 2.75) is 44.9 Å². The number of benzene rings is 2. The van der Waals surface area contributed by atoms with E-state index < -0.39 is 11.7 Å². The van der Waals surface area contributed by atoms with Crippen LogP contribution in [0.3, 0.4) is 0 Å². The molecule has 0 saturated heterocycles. The van der Waals surface area contributed by atoms with Crippen LogP contribution >= 0.6 is 0 Å². The van der Waals surface area contributed by atoms with Gasteiger partial charge in [-0.2, -0.15) is 0 Å². The normalized spacial score (nSPS) is 18.2. The van der Waals surface area contributed by atoms with E-state index in [-0.39, 0.29) is 11.9 Å². The van der Waals surface area contributed by atoms with Gasteiger partial charge in [-0.3, -0.25) is 4.79 Å². The highest BCUT2D eigenvalue weighted by molar-refractivity contribution is 5.81. The first-order valence-corrected chi connectivity index (χ1v) is 9.29. The van der Waals surface area contributed by atoms with Gasteiger partial charge in [-0.05, 0) is 51.1 Å². The number of hydrogen-bond acceptors (Lipinski definition) is 5. The van der Waals surface area contributed by atoms with Crippen LogP contribution in [0.1, 0.15) is 38.8 Å². The summed E-state index contributed by atoms with van der Waals surface area (Å²) < 4.78 is 22.4. The molecule has 0 fully saturated rings. The van der Waals surface area contributed by atoms with E-state index in [1.807, 2.05) is 44.2 Å². The van der Waals surface area contributed by atoms with Gasteiger partial charge < -0.3 is 24.3 Å². The highest BCUT2D eigenvalue weighted by Crippen LogP contribution is 2.41. The Bertz CT molecular complexity index is 849. The maximum absolute atomic E-state index is 12.8. The van der Waals surface area contributed by atoms with Crippen molar-refractivity contribution in [1.29, 1.82) is 0 Å². The molecule has 1 heterocycles. The average Bonchev–Trinajstić information content (AvgIpc) is 2.67. The standard InChI is InChI=1S/C22H27NO5/c1-14(27-17-8-6-7-15(11-17)25-4)21(24)23-19-13-22(2,3)28-20-10-9-16(26-5)12-18(19)20/h6-12,14,19H,13H2,1-5H3,(H,23,24)/t14-,19-/m0/s1. The molecule has 0 aromatic heterocycles. The molecular formula is C22H27NO5. The Morgan fingerprint density at radius 2 is 1.79 bits per heavy atom. The number of rotatable bonds is 6. The molecule has 0 spiro atoms. The van der Waals surface area contributed by atoms with E-state index in [4.69, 9.17) is 18.9 Å². The summed E-state index contributed by atoms with van der Waals surface area (Å²) in [4.78, 5) is 12.8. The van der Waals surface area contributed by atoms with Gasteiger partial charge in [0.25, 0.3) is 5.91 Å². The topological polar surface area (TPSA) is 66.0 Å². The molecular weight excluding hydrogens is 358 g/mol. The minimum absolute atomic E-state index is 0.195. The number of carbonyl (C=O) groups is 1. The van der Waals surface area contributed by atoms with Crippen molar-refractivity contribution in [3.63, 3.8) is 0 Å². The molecule has 0 saturated carbocycles. The summed E-state index contributed by atoms with van der Waals surface area (Å²) in [6, 6.07) is 12.6. The zero-order chi connectivity index (χ0) is 20.3. The fourth-order valence-corrected chi connectivity index (χ4v) is 3.31. The Morgan fingerprint density at radius 3 is 2.50 bits per heavy atom. The number of carbonyl (C=O) groups excluding carboxylic acids is 1. The van der Waals surface area contributed by atoms with E-state index in [0.717, 1.165) is 17.1 Å². The van der Waals surface area contributed by atoms with Gasteiger partial charge in [0.2, 0.25) is 0 Å². The molecule has 2 atom stereocenters. The van der Waals surface area contributed by atoms with Gasteiger partial charge in [-0.1, -0.05) is 6.07 Å². The molecule has 28 heavy (non-hydrogen) atoms. The summed E-state index contributed by atoms with van der Waals surface area (Å²) in [5.41, 5.74) is 0.511. The van der Waals surface area contributed by atoms with Crippen molar-refractivity contribution < 1.29 is 23.7 Å². The smallest absolute Gasteiger partial charge is 0.261 e. The largest absolute Gasteiger partial charge is 0.497 e. The maximum Gasteiger partial charge on any atom is 0.261 e. The van der Waals surface area contributed by atoms with E-state index in [2.05, 4.69) is 5.32 Å². The third kappa shape index (κ3) is 4.50. The molecule has 1 aliphatic rings. The van der Waals surface area contributed by atoms with E-state index >= 15 is 0 Å². The van der Waals surface area contributed by atoms with Crippen molar-refractivity contribution in [2.75, 3.05) is 14.2 Å². The SMILES string of the molecule is COc1cccc(O[C@@H](C)C(=O)N[C@H]2CC(C)(C)Oc3ccc(OC)cc32)c1. The lowest BCUT2D eigenvalue weighted by atomic mass is 9.89. The van der Waals surface area contributed by atoms with Crippen LogP contribution < -0.4 is 24.3 Å². The predicted octanol–water partition coefficient (Wildman–Crippen LogP) is 3.89. The molecule has 0 aliphatic carbocycles. The second kappa shape index (κ2) is 8.00. The third-order valence-electron chi connectivity index (χ3n) is 4.71. The molecule has 1 N–H and O–H groups in total. The van der Waals surface area contributed by atoms with Crippen molar-refractivity contribution in [1.82, 2.24) is 5.32 Å². The molecule has 6 heteroatoms. The summed E-state index contributed by atoms with van der Waals surface area (Å²) >= 11 is 0. The van der Waals surface area contributed by atoms with Crippen molar-refractivity contribution in [2.24, 2.45) is 0 Å². The van der Waals surface area contributed by atoms with Crippen LogP contribution in [0.25, 0.3) is 0 Å². The van der Waals surface area contributed by atoms with Gasteiger partial charge in [-0.25, -0.2) is 0 Å². The highest BCUT2D eigenvalue weighted by Gasteiger charge is 2.35. The van der Waals surface area contributed by atoms with Gasteiger partial charge in [-0.15, -0.1) is 0 Å². The molecule has 2 aromatic rings. The molecule has 1 aliphatic heterocycles. The number of fused-ring (bicyclic) bond motifs is 1. The quantitative estimate of drug-likeness (QED) is 0.817. The molecule has 150 valence electrons. The second-order valence-electron chi connectivity index (χ2n) is 7.47. The fraction of sp³-hybridized carbons (Fsp3) is 0.409. The summed E-state index contributed by atoms with van der Waals surface area (Å²) in [5, 5.41) is 3.10. The van der Waals surface area contributed by atoms with Crippen molar-refractivity contribution >= 4 is 5.91 Å². The van der Waals surface area contributed by atoms with Gasteiger partial charge in [0.1, 0.15) is 28.6 Å². The van der Waals surface area contributed by atoms with Gasteiger partial charge in [0.05, 0.1) is 20.3 Å². The predicted molar refractivity (Wildman–Crippen MR) is 106 cm³/mol. The lowest BCUT2D eigenvalue weighted by Crippen LogP contribution is -2.44. The Hall–Kier alpha value is -2.89. The van der Waals surface area contributed by atoms with Crippen LogP contribution in [0.15, 0.2) is 42.5 Å². The molecule has 3 rings (SSSR count). The lowest BCUT2D eigenvalue weighted by molar-refractivity contribution is -0.128. The molecule has 0 bridgehead atoms. The monoisotopic (exact) mass is 385 g/mol. The zero-order valence-corrected chi connectivity index (χ0v) is 16.9. The third-order valence-corrected chi connectivity index (χ3v) is 4.71. The number of nitrogens with one attached hydrogen (secondary N) is 1. The number of amides is 1. The van der Waals surface area contributed by atoms with Gasteiger partial charge >= 0.3 is 0 Å².